The van der Waals surface area contributed by atoms with Crippen LogP contribution in [0.15, 0.2) is 29.0 Å². The van der Waals surface area contributed by atoms with Crippen molar-refractivity contribution in [2.45, 2.75) is 57.3 Å². The van der Waals surface area contributed by atoms with E-state index in [9.17, 15) is 9.90 Å². The SMILES string of the molecule is COc1ccc(C(C=O)C(NC(C)C)N2CCN(c3ncnc4c3[C@H](C)C[C@H]4O)CC2)cc1Br. The maximum atomic E-state index is 12.4. The second kappa shape index (κ2) is 10.7. The number of aromatic nitrogens is 2. The van der Waals surface area contributed by atoms with Crippen molar-refractivity contribution < 1.29 is 14.6 Å². The second-order valence-corrected chi connectivity index (χ2v) is 10.3. The van der Waals surface area contributed by atoms with E-state index in [0.717, 1.165) is 65.3 Å². The van der Waals surface area contributed by atoms with Gasteiger partial charge in [0.25, 0.3) is 0 Å². The Morgan fingerprint density at radius 3 is 2.59 bits per heavy atom. The van der Waals surface area contributed by atoms with Crippen molar-refractivity contribution >= 4 is 28.0 Å². The predicted octanol–water partition coefficient (Wildman–Crippen LogP) is 3.22. The fourth-order valence-electron chi connectivity index (χ4n) is 5.17. The standard InChI is InChI=1S/C25H34BrN5O3/c1-15(2)29-24(18(13-32)17-5-6-21(34-4)19(26)12-17)30-7-9-31(10-8-30)25-22-16(3)11-20(33)23(22)27-14-28-25/h5-6,12-16,18,20,24,29,33H,7-11H2,1-4H3/t16-,18?,20-,24?/m1/s1. The van der Waals surface area contributed by atoms with E-state index >= 15 is 0 Å². The molecule has 1 fully saturated rings. The Labute approximate surface area is 209 Å². The molecule has 0 amide bonds. The molecule has 2 aliphatic rings. The number of rotatable bonds is 8. The lowest BCUT2D eigenvalue weighted by molar-refractivity contribution is -0.111. The van der Waals surface area contributed by atoms with Crippen molar-refractivity contribution in [3.63, 3.8) is 0 Å². The van der Waals surface area contributed by atoms with Crippen molar-refractivity contribution in [3.05, 3.63) is 45.8 Å². The summed E-state index contributed by atoms with van der Waals surface area (Å²) in [4.78, 5) is 25.9. The third-order valence-electron chi connectivity index (χ3n) is 6.84. The molecule has 2 heterocycles. The Balaban J connectivity index is 1.54. The lowest BCUT2D eigenvalue weighted by atomic mass is 9.95. The highest BCUT2D eigenvalue weighted by Gasteiger charge is 2.36. The fraction of sp³-hybridized carbons (Fsp3) is 0.560. The van der Waals surface area contributed by atoms with Crippen LogP contribution in [-0.2, 0) is 4.79 Å². The average molecular weight is 532 g/mol. The number of carbonyl (C=O) groups excluding carboxylic acids is 1. The summed E-state index contributed by atoms with van der Waals surface area (Å²) >= 11 is 3.56. The van der Waals surface area contributed by atoms with Crippen LogP contribution in [0, 0.1) is 0 Å². The largest absolute Gasteiger partial charge is 0.496 e. The monoisotopic (exact) mass is 531 g/mol. The van der Waals surface area contributed by atoms with Gasteiger partial charge in [0.2, 0.25) is 0 Å². The van der Waals surface area contributed by atoms with Crippen LogP contribution in [-0.4, -0.2) is 71.8 Å². The minimum absolute atomic E-state index is 0.128. The highest BCUT2D eigenvalue weighted by atomic mass is 79.9. The first-order chi connectivity index (χ1) is 16.3. The van der Waals surface area contributed by atoms with Crippen molar-refractivity contribution in [1.29, 1.82) is 0 Å². The Morgan fingerprint density at radius 2 is 1.97 bits per heavy atom. The number of carbonyl (C=O) groups is 1. The molecule has 0 spiro atoms. The zero-order valence-electron chi connectivity index (χ0n) is 20.2. The molecular formula is C25H34BrN5O3. The topological polar surface area (TPSA) is 90.8 Å². The van der Waals surface area contributed by atoms with Gasteiger partial charge in [0.1, 0.15) is 24.2 Å². The van der Waals surface area contributed by atoms with Crippen molar-refractivity contribution in [2.75, 3.05) is 38.2 Å². The molecule has 4 atom stereocenters. The van der Waals surface area contributed by atoms with Crippen LogP contribution in [0.25, 0.3) is 0 Å². The van der Waals surface area contributed by atoms with Crippen LogP contribution >= 0.6 is 15.9 Å². The smallest absolute Gasteiger partial charge is 0.135 e. The lowest BCUT2D eigenvalue weighted by Gasteiger charge is -2.43. The molecule has 1 aliphatic carbocycles. The molecule has 1 aliphatic heterocycles. The summed E-state index contributed by atoms with van der Waals surface area (Å²) in [7, 11) is 1.63. The Morgan fingerprint density at radius 1 is 1.24 bits per heavy atom. The van der Waals surface area contributed by atoms with E-state index in [0.29, 0.717) is 6.42 Å². The van der Waals surface area contributed by atoms with Gasteiger partial charge in [0.05, 0.1) is 35.5 Å². The van der Waals surface area contributed by atoms with Gasteiger partial charge in [-0.1, -0.05) is 13.0 Å². The summed E-state index contributed by atoms with van der Waals surface area (Å²) in [5, 5.41) is 14.0. The van der Waals surface area contributed by atoms with Crippen LogP contribution in [0.4, 0.5) is 5.82 Å². The number of fused-ring (bicyclic) bond motifs is 1. The Hall–Kier alpha value is -2.07. The van der Waals surface area contributed by atoms with Gasteiger partial charge < -0.3 is 19.5 Å². The molecule has 1 aromatic carbocycles. The number of hydrogen-bond donors (Lipinski definition) is 2. The van der Waals surface area contributed by atoms with Gasteiger partial charge in [-0.05, 0) is 59.8 Å². The zero-order chi connectivity index (χ0) is 24.4. The molecule has 0 bridgehead atoms. The third kappa shape index (κ3) is 4.98. The van der Waals surface area contributed by atoms with E-state index in [2.05, 4.69) is 61.8 Å². The number of aliphatic hydroxyl groups excluding tert-OH is 1. The zero-order valence-corrected chi connectivity index (χ0v) is 21.8. The number of hydrogen-bond acceptors (Lipinski definition) is 8. The highest BCUT2D eigenvalue weighted by molar-refractivity contribution is 9.10. The summed E-state index contributed by atoms with van der Waals surface area (Å²) in [6.07, 6.45) is 2.66. The van der Waals surface area contributed by atoms with Gasteiger partial charge in [0, 0.05) is 37.8 Å². The minimum Gasteiger partial charge on any atom is -0.496 e. The molecule has 1 saturated heterocycles. The number of nitrogens with one attached hydrogen (secondary N) is 1. The van der Waals surface area contributed by atoms with Gasteiger partial charge in [-0.2, -0.15) is 0 Å². The third-order valence-corrected chi connectivity index (χ3v) is 7.46. The number of halogens is 1. The quantitative estimate of drug-likeness (QED) is 0.501. The van der Waals surface area contributed by atoms with Gasteiger partial charge in [-0.25, -0.2) is 9.97 Å². The van der Waals surface area contributed by atoms with Crippen molar-refractivity contribution in [2.24, 2.45) is 0 Å². The van der Waals surface area contributed by atoms with Crippen LogP contribution in [0.5, 0.6) is 5.75 Å². The number of benzene rings is 1. The number of piperazine rings is 1. The first-order valence-electron chi connectivity index (χ1n) is 11.9. The van der Waals surface area contributed by atoms with E-state index in [4.69, 9.17) is 4.74 Å². The molecule has 8 nitrogen and oxygen atoms in total. The summed E-state index contributed by atoms with van der Waals surface area (Å²) in [6, 6.07) is 6.05. The number of aliphatic hydroxyl groups is 1. The molecule has 9 heteroatoms. The van der Waals surface area contributed by atoms with Crippen LogP contribution in [0.2, 0.25) is 0 Å². The number of ether oxygens (including phenoxy) is 1. The fourth-order valence-corrected chi connectivity index (χ4v) is 5.73. The first-order valence-corrected chi connectivity index (χ1v) is 12.7. The van der Waals surface area contributed by atoms with E-state index in [1.165, 1.54) is 0 Å². The molecule has 0 radical (unpaired) electrons. The number of anilines is 1. The maximum Gasteiger partial charge on any atom is 0.135 e. The van der Waals surface area contributed by atoms with Crippen molar-refractivity contribution in [1.82, 2.24) is 20.2 Å². The summed E-state index contributed by atoms with van der Waals surface area (Å²) < 4.78 is 6.20. The number of methoxy groups -OCH3 is 1. The molecule has 184 valence electrons. The lowest BCUT2D eigenvalue weighted by Crippen LogP contribution is -2.58. The summed E-state index contributed by atoms with van der Waals surface area (Å²) in [5.74, 6) is 1.59. The first kappa shape index (κ1) is 25.0. The highest BCUT2D eigenvalue weighted by Crippen LogP contribution is 2.43. The number of aldehydes is 1. The maximum absolute atomic E-state index is 12.4. The van der Waals surface area contributed by atoms with E-state index in [-0.39, 0.29) is 24.0 Å². The van der Waals surface area contributed by atoms with Gasteiger partial charge in [0.15, 0.2) is 0 Å². The second-order valence-electron chi connectivity index (χ2n) is 9.49. The average Bonchev–Trinajstić information content (AvgIpc) is 3.12. The Kier molecular flexibility index (Phi) is 7.87. The van der Waals surface area contributed by atoms with E-state index < -0.39 is 6.10 Å². The number of nitrogens with zero attached hydrogens (tertiary/aromatic N) is 4. The molecule has 1 aromatic heterocycles. The van der Waals surface area contributed by atoms with Crippen molar-refractivity contribution in [3.8, 4) is 5.75 Å². The van der Waals surface area contributed by atoms with Crippen LogP contribution in [0.3, 0.4) is 0 Å². The van der Waals surface area contributed by atoms with Gasteiger partial charge in [-0.3, -0.25) is 10.2 Å². The molecule has 2 unspecified atom stereocenters. The van der Waals surface area contributed by atoms with E-state index in [1.54, 1.807) is 13.4 Å². The molecular weight excluding hydrogens is 498 g/mol. The Bertz CT molecular complexity index is 1010. The molecule has 2 N–H and O–H groups in total. The molecule has 0 saturated carbocycles. The predicted molar refractivity (Wildman–Crippen MR) is 135 cm³/mol. The van der Waals surface area contributed by atoms with Crippen LogP contribution < -0.4 is 15.0 Å². The summed E-state index contributed by atoms with van der Waals surface area (Å²) in [6.45, 7) is 9.50. The molecule has 2 aromatic rings. The molecule has 4 rings (SSSR count). The van der Waals surface area contributed by atoms with Crippen LogP contribution in [0.1, 0.15) is 62.0 Å². The summed E-state index contributed by atoms with van der Waals surface area (Å²) in [5.41, 5.74) is 2.79. The van der Waals surface area contributed by atoms with E-state index in [1.807, 2.05) is 18.2 Å². The molecule has 34 heavy (non-hydrogen) atoms. The minimum atomic E-state index is -0.509. The van der Waals surface area contributed by atoms with Gasteiger partial charge in [-0.15, -0.1) is 0 Å². The van der Waals surface area contributed by atoms with Gasteiger partial charge >= 0.3 is 0 Å². The normalized spacial score (nSPS) is 22.5.